The first-order chi connectivity index (χ1) is 11.3. The molecule has 0 amide bonds. The SMILES string of the molecule is Brc1cc(CCN2CCOCC2)ccc1OCc1ccccc1. The van der Waals surface area contributed by atoms with Gasteiger partial charge >= 0.3 is 0 Å². The van der Waals surface area contributed by atoms with Crippen LogP contribution in [0.4, 0.5) is 0 Å². The number of nitrogens with zero attached hydrogens (tertiary/aromatic N) is 1. The van der Waals surface area contributed by atoms with Gasteiger partial charge < -0.3 is 9.47 Å². The summed E-state index contributed by atoms with van der Waals surface area (Å²) in [6, 6.07) is 16.6. The molecule has 23 heavy (non-hydrogen) atoms. The van der Waals surface area contributed by atoms with Crippen LogP contribution in [0.15, 0.2) is 53.0 Å². The smallest absolute Gasteiger partial charge is 0.134 e. The predicted octanol–water partition coefficient (Wildman–Crippen LogP) is 3.90. The maximum absolute atomic E-state index is 5.90. The van der Waals surface area contributed by atoms with E-state index in [0.29, 0.717) is 6.61 Å². The minimum atomic E-state index is 0.590. The maximum Gasteiger partial charge on any atom is 0.134 e. The van der Waals surface area contributed by atoms with Crippen LogP contribution >= 0.6 is 15.9 Å². The Labute approximate surface area is 146 Å². The van der Waals surface area contributed by atoms with Crippen LogP contribution in [-0.2, 0) is 17.8 Å². The summed E-state index contributed by atoms with van der Waals surface area (Å²) in [5, 5.41) is 0. The largest absolute Gasteiger partial charge is 0.488 e. The third-order valence-corrected chi connectivity index (χ3v) is 4.67. The lowest BCUT2D eigenvalue weighted by Gasteiger charge is -2.26. The van der Waals surface area contributed by atoms with Crippen LogP contribution in [0.2, 0.25) is 0 Å². The van der Waals surface area contributed by atoms with Gasteiger partial charge in [0.05, 0.1) is 17.7 Å². The molecule has 1 aliphatic rings. The monoisotopic (exact) mass is 375 g/mol. The Morgan fingerprint density at radius 1 is 1.00 bits per heavy atom. The molecular weight excluding hydrogens is 354 g/mol. The lowest BCUT2D eigenvalue weighted by molar-refractivity contribution is 0.0384. The normalized spacial score (nSPS) is 15.5. The number of ether oxygens (including phenoxy) is 2. The van der Waals surface area contributed by atoms with Gasteiger partial charge in [-0.3, -0.25) is 4.90 Å². The Morgan fingerprint density at radius 2 is 1.78 bits per heavy atom. The molecule has 2 aromatic carbocycles. The van der Waals surface area contributed by atoms with Crippen molar-refractivity contribution in [2.45, 2.75) is 13.0 Å². The molecule has 0 aromatic heterocycles. The molecular formula is C19H22BrNO2. The van der Waals surface area contributed by atoms with Crippen LogP contribution in [0.1, 0.15) is 11.1 Å². The molecule has 0 bridgehead atoms. The van der Waals surface area contributed by atoms with E-state index in [1.54, 1.807) is 0 Å². The van der Waals surface area contributed by atoms with Gasteiger partial charge in [-0.05, 0) is 45.6 Å². The summed E-state index contributed by atoms with van der Waals surface area (Å²) in [6.07, 6.45) is 1.05. The first kappa shape index (κ1) is 16.5. The van der Waals surface area contributed by atoms with E-state index >= 15 is 0 Å². The van der Waals surface area contributed by atoms with Crippen LogP contribution in [0.5, 0.6) is 5.75 Å². The molecule has 0 spiro atoms. The van der Waals surface area contributed by atoms with Crippen LogP contribution in [0.25, 0.3) is 0 Å². The molecule has 0 radical (unpaired) electrons. The summed E-state index contributed by atoms with van der Waals surface area (Å²) in [5.74, 6) is 0.893. The van der Waals surface area contributed by atoms with E-state index in [1.165, 1.54) is 11.1 Å². The second kappa shape index (κ2) is 8.48. The molecule has 1 fully saturated rings. The lowest BCUT2D eigenvalue weighted by atomic mass is 10.1. The number of halogens is 1. The van der Waals surface area contributed by atoms with Gasteiger partial charge in [0.15, 0.2) is 0 Å². The molecule has 3 nitrogen and oxygen atoms in total. The zero-order valence-corrected chi connectivity index (χ0v) is 14.8. The molecule has 0 N–H and O–H groups in total. The number of rotatable bonds is 6. The lowest BCUT2D eigenvalue weighted by Crippen LogP contribution is -2.37. The first-order valence-corrected chi connectivity index (χ1v) is 8.86. The van der Waals surface area contributed by atoms with Gasteiger partial charge in [0.25, 0.3) is 0 Å². The van der Waals surface area contributed by atoms with Crippen molar-refractivity contribution in [3.05, 3.63) is 64.1 Å². The number of hydrogen-bond acceptors (Lipinski definition) is 3. The third-order valence-electron chi connectivity index (χ3n) is 4.05. The Balaban J connectivity index is 1.52. The van der Waals surface area contributed by atoms with Crippen molar-refractivity contribution in [2.24, 2.45) is 0 Å². The Kier molecular flexibility index (Phi) is 6.08. The molecule has 0 atom stereocenters. The van der Waals surface area contributed by atoms with Crippen molar-refractivity contribution in [3.8, 4) is 5.75 Å². The zero-order chi connectivity index (χ0) is 15.9. The molecule has 2 aromatic rings. The van der Waals surface area contributed by atoms with E-state index in [2.05, 4.69) is 51.2 Å². The van der Waals surface area contributed by atoms with Gasteiger partial charge in [-0.25, -0.2) is 0 Å². The minimum absolute atomic E-state index is 0.590. The summed E-state index contributed by atoms with van der Waals surface area (Å²) < 4.78 is 12.3. The van der Waals surface area contributed by atoms with E-state index in [1.807, 2.05) is 18.2 Å². The van der Waals surface area contributed by atoms with E-state index in [4.69, 9.17) is 9.47 Å². The van der Waals surface area contributed by atoms with Gasteiger partial charge in [0, 0.05) is 19.6 Å². The van der Waals surface area contributed by atoms with E-state index in [9.17, 15) is 0 Å². The van der Waals surface area contributed by atoms with Crippen molar-refractivity contribution in [3.63, 3.8) is 0 Å². The quantitative estimate of drug-likeness (QED) is 0.763. The summed E-state index contributed by atoms with van der Waals surface area (Å²) in [4.78, 5) is 2.46. The van der Waals surface area contributed by atoms with Crippen LogP contribution in [0, 0.1) is 0 Å². The highest BCUT2D eigenvalue weighted by atomic mass is 79.9. The van der Waals surface area contributed by atoms with Gasteiger partial charge in [0.2, 0.25) is 0 Å². The Morgan fingerprint density at radius 3 is 2.52 bits per heavy atom. The average molecular weight is 376 g/mol. The molecule has 1 heterocycles. The second-order valence-corrected chi connectivity index (χ2v) is 6.60. The summed E-state index contributed by atoms with van der Waals surface area (Å²) in [6.45, 7) is 5.47. The molecule has 0 unspecified atom stereocenters. The van der Waals surface area contributed by atoms with E-state index in [-0.39, 0.29) is 0 Å². The highest BCUT2D eigenvalue weighted by molar-refractivity contribution is 9.10. The summed E-state index contributed by atoms with van der Waals surface area (Å²) in [5.41, 5.74) is 2.51. The van der Waals surface area contributed by atoms with Gasteiger partial charge in [-0.15, -0.1) is 0 Å². The predicted molar refractivity (Wildman–Crippen MR) is 95.9 cm³/mol. The first-order valence-electron chi connectivity index (χ1n) is 8.06. The topological polar surface area (TPSA) is 21.7 Å². The number of morpholine rings is 1. The fourth-order valence-electron chi connectivity index (χ4n) is 2.66. The average Bonchev–Trinajstić information content (AvgIpc) is 2.61. The van der Waals surface area contributed by atoms with Gasteiger partial charge in [-0.2, -0.15) is 0 Å². The van der Waals surface area contributed by atoms with E-state index in [0.717, 1.165) is 49.5 Å². The summed E-state index contributed by atoms with van der Waals surface area (Å²) >= 11 is 3.63. The van der Waals surface area contributed by atoms with Gasteiger partial charge in [-0.1, -0.05) is 36.4 Å². The minimum Gasteiger partial charge on any atom is -0.488 e. The zero-order valence-electron chi connectivity index (χ0n) is 13.2. The van der Waals surface area contributed by atoms with Crippen molar-refractivity contribution in [1.82, 2.24) is 4.90 Å². The van der Waals surface area contributed by atoms with Crippen molar-refractivity contribution >= 4 is 15.9 Å². The second-order valence-electron chi connectivity index (χ2n) is 5.74. The third kappa shape index (κ3) is 5.06. The molecule has 1 saturated heterocycles. The molecule has 3 rings (SSSR count). The highest BCUT2D eigenvalue weighted by Gasteiger charge is 2.10. The number of hydrogen-bond donors (Lipinski definition) is 0. The van der Waals surface area contributed by atoms with Crippen LogP contribution in [-0.4, -0.2) is 37.7 Å². The number of benzene rings is 2. The van der Waals surface area contributed by atoms with Crippen molar-refractivity contribution in [1.29, 1.82) is 0 Å². The Bertz CT molecular complexity index is 612. The fourth-order valence-corrected chi connectivity index (χ4v) is 3.20. The van der Waals surface area contributed by atoms with Crippen LogP contribution < -0.4 is 4.74 Å². The van der Waals surface area contributed by atoms with Crippen LogP contribution in [0.3, 0.4) is 0 Å². The fraction of sp³-hybridized carbons (Fsp3) is 0.368. The maximum atomic E-state index is 5.90. The molecule has 1 aliphatic heterocycles. The summed E-state index contributed by atoms with van der Waals surface area (Å²) in [7, 11) is 0. The Hall–Kier alpha value is -1.36. The highest BCUT2D eigenvalue weighted by Crippen LogP contribution is 2.27. The molecule has 4 heteroatoms. The molecule has 0 aliphatic carbocycles. The molecule has 122 valence electrons. The van der Waals surface area contributed by atoms with E-state index < -0.39 is 0 Å². The molecule has 0 saturated carbocycles. The standard InChI is InChI=1S/C19H22BrNO2/c20-18-14-16(8-9-21-10-12-22-13-11-21)6-7-19(18)23-15-17-4-2-1-3-5-17/h1-7,14H,8-13,15H2. The van der Waals surface area contributed by atoms with Gasteiger partial charge in [0.1, 0.15) is 12.4 Å². The van der Waals surface area contributed by atoms with Crippen molar-refractivity contribution in [2.75, 3.05) is 32.8 Å². The van der Waals surface area contributed by atoms with Crippen molar-refractivity contribution < 1.29 is 9.47 Å².